The minimum absolute atomic E-state index is 0.0175. The van der Waals surface area contributed by atoms with Crippen molar-refractivity contribution < 1.29 is 18.8 Å². The van der Waals surface area contributed by atoms with Gasteiger partial charge in [-0.2, -0.15) is 5.10 Å². The van der Waals surface area contributed by atoms with Crippen molar-refractivity contribution in [2.45, 2.75) is 45.8 Å². The van der Waals surface area contributed by atoms with Crippen molar-refractivity contribution in [1.82, 2.24) is 39.8 Å². The molecule has 2 aliphatic heterocycles. The summed E-state index contributed by atoms with van der Waals surface area (Å²) in [5.41, 5.74) is 5.87. The number of ether oxygens (including phenoxy) is 1. The fraction of sp³-hybridized carbons (Fsp3) is 0.286. The van der Waals surface area contributed by atoms with Gasteiger partial charge in [0.25, 0.3) is 17.5 Å². The van der Waals surface area contributed by atoms with Gasteiger partial charge in [0, 0.05) is 34.4 Å². The zero-order chi connectivity index (χ0) is 33.6. The number of piperidine rings is 1. The van der Waals surface area contributed by atoms with Gasteiger partial charge in [0.05, 0.1) is 60.1 Å². The minimum Gasteiger partial charge on any atom is -0.494 e. The first-order valence-corrected chi connectivity index (χ1v) is 17.0. The first-order chi connectivity index (χ1) is 23.9. The van der Waals surface area contributed by atoms with Crippen LogP contribution in [0, 0.1) is 6.92 Å². The molecule has 6 heterocycles. The molecule has 1 saturated heterocycles. The predicted octanol–water partition coefficient (Wildman–Crippen LogP) is 5.84. The lowest BCUT2D eigenvalue weighted by Crippen LogP contribution is -2.42. The van der Waals surface area contributed by atoms with Crippen LogP contribution in [0.5, 0.6) is 5.75 Å². The van der Waals surface area contributed by atoms with Gasteiger partial charge >= 0.3 is 0 Å². The SMILES string of the molecule is CCOc1ccc(-c2cc(C(=O)N3CCn4ncc(-c5cn(C6CCCN(c7ccc(Br)cc7)C6=O)nn5)c4C3)c3c(C)noc3n2)cc1. The second kappa shape index (κ2) is 12.6. The number of hydrogen-bond donors (Lipinski definition) is 0. The normalized spacial score (nSPS) is 16.3. The number of aromatic nitrogens is 7. The number of hydrogen-bond acceptors (Lipinski definition) is 9. The van der Waals surface area contributed by atoms with Crippen LogP contribution in [0.25, 0.3) is 33.6 Å². The quantitative estimate of drug-likeness (QED) is 0.199. The summed E-state index contributed by atoms with van der Waals surface area (Å²) in [6.07, 6.45) is 5.08. The lowest BCUT2D eigenvalue weighted by molar-refractivity contribution is -0.123. The third-order valence-corrected chi connectivity index (χ3v) is 9.65. The molecule has 13 nitrogen and oxygen atoms in total. The molecule has 0 saturated carbocycles. The molecule has 8 rings (SSSR count). The van der Waals surface area contributed by atoms with Crippen molar-refractivity contribution in [1.29, 1.82) is 0 Å². The second-order valence-corrected chi connectivity index (χ2v) is 13.0. The van der Waals surface area contributed by atoms with E-state index in [0.717, 1.165) is 39.2 Å². The van der Waals surface area contributed by atoms with Crippen LogP contribution in [0.4, 0.5) is 5.69 Å². The Kier molecular flexibility index (Phi) is 7.94. The van der Waals surface area contributed by atoms with Crippen LogP contribution in [-0.4, -0.2) is 71.3 Å². The molecule has 6 aromatic rings. The van der Waals surface area contributed by atoms with Crippen LogP contribution in [0.2, 0.25) is 0 Å². The Labute approximate surface area is 289 Å². The second-order valence-electron chi connectivity index (χ2n) is 12.1. The van der Waals surface area contributed by atoms with Crippen LogP contribution < -0.4 is 9.64 Å². The van der Waals surface area contributed by atoms with Gasteiger partial charge in [-0.05, 0) is 81.3 Å². The largest absolute Gasteiger partial charge is 0.494 e. The van der Waals surface area contributed by atoms with Gasteiger partial charge in [-0.3, -0.25) is 14.3 Å². The molecule has 49 heavy (non-hydrogen) atoms. The highest BCUT2D eigenvalue weighted by Crippen LogP contribution is 2.33. The number of benzene rings is 2. The molecular formula is C35H32BrN9O4. The summed E-state index contributed by atoms with van der Waals surface area (Å²) >= 11 is 3.47. The Morgan fingerprint density at radius 3 is 2.67 bits per heavy atom. The number of carbonyl (C=O) groups excluding carboxylic acids is 2. The number of nitrogens with zero attached hydrogens (tertiary/aromatic N) is 9. The first kappa shape index (κ1) is 30.9. The lowest BCUT2D eigenvalue weighted by atomic mass is 10.0. The highest BCUT2D eigenvalue weighted by atomic mass is 79.9. The number of pyridine rings is 1. The maximum absolute atomic E-state index is 14.3. The Bertz CT molecular complexity index is 2190. The van der Waals surface area contributed by atoms with Gasteiger partial charge in [0.2, 0.25) is 0 Å². The summed E-state index contributed by atoms with van der Waals surface area (Å²) in [5, 5.41) is 18.2. The molecule has 1 unspecified atom stereocenters. The van der Waals surface area contributed by atoms with Gasteiger partial charge in [-0.25, -0.2) is 9.67 Å². The molecule has 0 spiro atoms. The third kappa shape index (κ3) is 5.65. The van der Waals surface area contributed by atoms with Gasteiger partial charge in [0.1, 0.15) is 17.5 Å². The summed E-state index contributed by atoms with van der Waals surface area (Å²) in [6.45, 7) is 6.26. The molecular weight excluding hydrogens is 690 g/mol. The monoisotopic (exact) mass is 721 g/mol. The summed E-state index contributed by atoms with van der Waals surface area (Å²) in [7, 11) is 0. The number of aryl methyl sites for hydroxylation is 1. The van der Waals surface area contributed by atoms with E-state index in [4.69, 9.17) is 9.26 Å². The lowest BCUT2D eigenvalue weighted by Gasteiger charge is -2.32. The van der Waals surface area contributed by atoms with Crippen molar-refractivity contribution in [3.63, 3.8) is 0 Å². The smallest absolute Gasteiger partial charge is 0.259 e. The fourth-order valence-electron chi connectivity index (χ4n) is 6.63. The topological polar surface area (TPSA) is 137 Å². The number of anilines is 1. The first-order valence-electron chi connectivity index (χ1n) is 16.2. The van der Waals surface area contributed by atoms with Crippen LogP contribution in [0.15, 0.2) is 76.0 Å². The molecule has 1 atom stereocenters. The molecule has 2 amide bonds. The molecule has 2 aromatic carbocycles. The zero-order valence-corrected chi connectivity index (χ0v) is 28.5. The van der Waals surface area contributed by atoms with E-state index >= 15 is 0 Å². The Hall–Kier alpha value is -5.37. The number of amides is 2. The molecule has 2 aliphatic rings. The van der Waals surface area contributed by atoms with E-state index in [1.54, 1.807) is 15.8 Å². The van der Waals surface area contributed by atoms with Crippen molar-refractivity contribution >= 4 is 44.5 Å². The number of carbonyl (C=O) groups is 2. The highest BCUT2D eigenvalue weighted by Gasteiger charge is 2.33. The molecule has 0 N–H and O–H groups in total. The predicted molar refractivity (Wildman–Crippen MR) is 184 cm³/mol. The van der Waals surface area contributed by atoms with E-state index in [-0.39, 0.29) is 11.8 Å². The fourth-order valence-corrected chi connectivity index (χ4v) is 6.90. The Morgan fingerprint density at radius 1 is 1.06 bits per heavy atom. The standard InChI is InChI=1S/C35H32BrN9O4/c1-3-48-25-12-6-22(7-13-25)28-17-26(32-21(2)40-49-33(32)38-28)34(46)42-15-16-44-31(20-42)27(18-37-44)29-19-45(41-39-29)30-5-4-14-43(35(30)47)24-10-8-23(36)9-11-24/h6-13,17-19,30H,3-5,14-16,20H2,1-2H3. The van der Waals surface area contributed by atoms with Gasteiger partial charge < -0.3 is 19.1 Å². The van der Waals surface area contributed by atoms with Crippen LogP contribution in [0.3, 0.4) is 0 Å². The zero-order valence-electron chi connectivity index (χ0n) is 26.9. The highest BCUT2D eigenvalue weighted by molar-refractivity contribution is 9.10. The van der Waals surface area contributed by atoms with Crippen LogP contribution in [-0.2, 0) is 17.9 Å². The molecule has 248 valence electrons. The average Bonchev–Trinajstić information content (AvgIpc) is 3.87. The number of fused-ring (bicyclic) bond motifs is 2. The van der Waals surface area contributed by atoms with Gasteiger partial charge in [0.15, 0.2) is 0 Å². The van der Waals surface area contributed by atoms with Gasteiger partial charge in [-0.1, -0.05) is 26.3 Å². The van der Waals surface area contributed by atoms with Crippen LogP contribution >= 0.6 is 15.9 Å². The molecule has 0 radical (unpaired) electrons. The average molecular weight is 723 g/mol. The van der Waals surface area contributed by atoms with E-state index in [1.807, 2.05) is 84.2 Å². The summed E-state index contributed by atoms with van der Waals surface area (Å²) in [4.78, 5) is 36.2. The van der Waals surface area contributed by atoms with E-state index in [2.05, 4.69) is 41.5 Å². The maximum atomic E-state index is 14.3. The molecule has 4 aromatic heterocycles. The summed E-state index contributed by atoms with van der Waals surface area (Å²) in [5.74, 6) is 0.581. The number of halogens is 1. The van der Waals surface area contributed by atoms with Crippen molar-refractivity contribution in [2.24, 2.45) is 0 Å². The maximum Gasteiger partial charge on any atom is 0.259 e. The van der Waals surface area contributed by atoms with E-state index in [0.29, 0.717) is 73.0 Å². The molecule has 0 bridgehead atoms. The Morgan fingerprint density at radius 2 is 1.88 bits per heavy atom. The summed E-state index contributed by atoms with van der Waals surface area (Å²) < 4.78 is 15.7. The Balaban J connectivity index is 1.06. The molecule has 0 aliphatic carbocycles. The van der Waals surface area contributed by atoms with Crippen molar-refractivity contribution in [2.75, 3.05) is 24.6 Å². The minimum atomic E-state index is -0.464. The van der Waals surface area contributed by atoms with Crippen molar-refractivity contribution in [3.8, 4) is 28.3 Å². The van der Waals surface area contributed by atoms with E-state index in [9.17, 15) is 9.59 Å². The molecule has 14 heteroatoms. The van der Waals surface area contributed by atoms with E-state index in [1.165, 1.54) is 0 Å². The third-order valence-electron chi connectivity index (χ3n) is 9.12. The van der Waals surface area contributed by atoms with Crippen molar-refractivity contribution in [3.05, 3.63) is 88.4 Å². The van der Waals surface area contributed by atoms with Crippen LogP contribution in [0.1, 0.15) is 47.6 Å². The van der Waals surface area contributed by atoms with E-state index < -0.39 is 6.04 Å². The number of rotatable bonds is 7. The molecule has 1 fully saturated rings. The van der Waals surface area contributed by atoms with Gasteiger partial charge in [-0.15, -0.1) is 5.10 Å². The summed E-state index contributed by atoms with van der Waals surface area (Å²) in [6, 6.07) is 16.7.